The molecule has 0 spiro atoms. The molecule has 10 heteroatoms. The molecule has 28 heavy (non-hydrogen) atoms. The van der Waals surface area contributed by atoms with E-state index in [-0.39, 0.29) is 37.4 Å². The van der Waals surface area contributed by atoms with Crippen molar-refractivity contribution in [3.63, 3.8) is 0 Å². The Kier molecular flexibility index (Phi) is 7.16. The Morgan fingerprint density at radius 1 is 1.25 bits per heavy atom. The second kappa shape index (κ2) is 9.36. The van der Waals surface area contributed by atoms with Crippen molar-refractivity contribution in [2.75, 3.05) is 6.61 Å². The first-order valence-electron chi connectivity index (χ1n) is 8.77. The molecule has 4 atom stereocenters. The van der Waals surface area contributed by atoms with Gasteiger partial charge in [-0.3, -0.25) is 14.4 Å². The van der Waals surface area contributed by atoms with Crippen molar-refractivity contribution < 1.29 is 43.6 Å². The van der Waals surface area contributed by atoms with Gasteiger partial charge in [0.2, 0.25) is 0 Å². The van der Waals surface area contributed by atoms with Gasteiger partial charge in [0.1, 0.15) is 12.7 Å². The van der Waals surface area contributed by atoms with Crippen LogP contribution in [-0.4, -0.2) is 64.0 Å². The largest absolute Gasteiger partial charge is 0.481 e. The van der Waals surface area contributed by atoms with E-state index in [1.54, 1.807) is 19.2 Å². The van der Waals surface area contributed by atoms with Crippen molar-refractivity contribution in [2.24, 2.45) is 5.92 Å². The molecular weight excluding hydrogens is 374 g/mol. The summed E-state index contributed by atoms with van der Waals surface area (Å²) in [6.07, 6.45) is 2.27. The van der Waals surface area contributed by atoms with Crippen LogP contribution in [0, 0.1) is 5.92 Å². The van der Waals surface area contributed by atoms with E-state index in [0.717, 1.165) is 0 Å². The Balaban J connectivity index is 2.07. The van der Waals surface area contributed by atoms with E-state index in [2.05, 4.69) is 0 Å². The first-order valence-corrected chi connectivity index (χ1v) is 8.77. The highest BCUT2D eigenvalue weighted by Gasteiger charge is 2.47. The number of rotatable bonds is 8. The number of hydrogen-bond acceptors (Lipinski definition) is 8. The lowest BCUT2D eigenvalue weighted by Gasteiger charge is -2.30. The second-order valence-corrected chi connectivity index (χ2v) is 6.57. The number of carbonyl (C=O) groups is 4. The van der Waals surface area contributed by atoms with Crippen LogP contribution >= 0.6 is 0 Å². The molecule has 10 nitrogen and oxygen atoms in total. The summed E-state index contributed by atoms with van der Waals surface area (Å²) in [6, 6.07) is 0. The topological polar surface area (TPSA) is 140 Å². The molecule has 0 aromatic carbocycles. The van der Waals surface area contributed by atoms with Gasteiger partial charge in [0, 0.05) is 31.7 Å². The number of esters is 2. The smallest absolute Gasteiger partial charge is 0.333 e. The number of carboxylic acids is 2. The first-order chi connectivity index (χ1) is 13.2. The highest BCUT2D eigenvalue weighted by Crippen LogP contribution is 2.33. The Labute approximate surface area is 161 Å². The Morgan fingerprint density at radius 2 is 1.96 bits per heavy atom. The predicted octanol–water partition coefficient (Wildman–Crippen LogP) is 0.875. The molecule has 2 aliphatic heterocycles. The fourth-order valence-corrected chi connectivity index (χ4v) is 2.97. The van der Waals surface area contributed by atoms with E-state index in [4.69, 9.17) is 19.3 Å². The Morgan fingerprint density at radius 3 is 2.57 bits per heavy atom. The molecule has 0 saturated carbocycles. The highest BCUT2D eigenvalue weighted by molar-refractivity contribution is 5.87. The molecule has 2 heterocycles. The zero-order chi connectivity index (χ0) is 20.8. The van der Waals surface area contributed by atoms with Gasteiger partial charge in [0.25, 0.3) is 0 Å². The maximum atomic E-state index is 11.6. The molecule has 2 aliphatic rings. The summed E-state index contributed by atoms with van der Waals surface area (Å²) in [5.74, 6) is -3.70. The van der Waals surface area contributed by atoms with Gasteiger partial charge >= 0.3 is 23.9 Å². The predicted molar refractivity (Wildman–Crippen MR) is 92.5 cm³/mol. The van der Waals surface area contributed by atoms with E-state index in [9.17, 15) is 24.3 Å². The average Bonchev–Trinajstić information content (AvgIpc) is 2.93. The van der Waals surface area contributed by atoms with Gasteiger partial charge < -0.3 is 29.3 Å². The fourth-order valence-electron chi connectivity index (χ4n) is 2.97. The summed E-state index contributed by atoms with van der Waals surface area (Å²) in [5.41, 5.74) is 0.156. The summed E-state index contributed by atoms with van der Waals surface area (Å²) >= 11 is 0. The lowest BCUT2D eigenvalue weighted by Crippen LogP contribution is -2.40. The van der Waals surface area contributed by atoms with Crippen molar-refractivity contribution in [2.45, 2.75) is 51.5 Å². The van der Waals surface area contributed by atoms with Crippen LogP contribution in [-0.2, 0) is 33.4 Å². The number of nitrogens with zero attached hydrogens (tertiary/aromatic N) is 1. The van der Waals surface area contributed by atoms with Crippen molar-refractivity contribution in [1.82, 2.24) is 4.90 Å². The van der Waals surface area contributed by atoms with Gasteiger partial charge in [-0.15, -0.1) is 0 Å². The number of aliphatic carboxylic acids is 2. The molecule has 2 rings (SSSR count). The number of allylic oxidation sites excluding steroid dienone is 1. The molecule has 0 aromatic rings. The Hall–Kier alpha value is -2.88. The van der Waals surface area contributed by atoms with Crippen LogP contribution in [0.25, 0.3) is 0 Å². The highest BCUT2D eigenvalue weighted by atomic mass is 16.6. The van der Waals surface area contributed by atoms with Crippen molar-refractivity contribution in [3.8, 4) is 0 Å². The van der Waals surface area contributed by atoms with Gasteiger partial charge in [-0.05, 0) is 0 Å². The lowest BCUT2D eigenvalue weighted by atomic mass is 10.00. The van der Waals surface area contributed by atoms with E-state index < -0.39 is 42.3 Å². The van der Waals surface area contributed by atoms with Crippen LogP contribution < -0.4 is 0 Å². The molecule has 0 amide bonds. The molecule has 1 fully saturated rings. The third-order valence-corrected chi connectivity index (χ3v) is 4.44. The zero-order valence-corrected chi connectivity index (χ0v) is 15.6. The van der Waals surface area contributed by atoms with Crippen LogP contribution in [0.15, 0.2) is 24.0 Å². The zero-order valence-electron chi connectivity index (χ0n) is 15.6. The maximum absolute atomic E-state index is 11.6. The molecule has 2 N–H and O–H groups in total. The number of hydrogen-bond donors (Lipinski definition) is 2. The third-order valence-electron chi connectivity index (χ3n) is 4.44. The molecule has 1 saturated heterocycles. The summed E-state index contributed by atoms with van der Waals surface area (Å²) in [7, 11) is 0. The van der Waals surface area contributed by atoms with Crippen molar-refractivity contribution in [1.29, 1.82) is 0 Å². The maximum Gasteiger partial charge on any atom is 0.333 e. The third kappa shape index (κ3) is 5.56. The van der Waals surface area contributed by atoms with Gasteiger partial charge in [0.05, 0.1) is 18.4 Å². The number of ether oxygens (including phenoxy) is 3. The van der Waals surface area contributed by atoms with Crippen molar-refractivity contribution in [3.05, 3.63) is 24.0 Å². The summed E-state index contributed by atoms with van der Waals surface area (Å²) in [6.45, 7) is 2.88. The number of carbonyl (C=O) groups excluding carboxylic acids is 2. The van der Waals surface area contributed by atoms with E-state index in [0.29, 0.717) is 0 Å². The molecule has 0 aromatic heterocycles. The molecule has 0 aliphatic carbocycles. The van der Waals surface area contributed by atoms with Gasteiger partial charge in [0.15, 0.2) is 12.3 Å². The fraction of sp³-hybridized carbons (Fsp3) is 0.556. The van der Waals surface area contributed by atoms with Crippen LogP contribution in [0.5, 0.6) is 0 Å². The van der Waals surface area contributed by atoms with Gasteiger partial charge in [-0.2, -0.15) is 0 Å². The average molecular weight is 397 g/mol. The van der Waals surface area contributed by atoms with Crippen LogP contribution in [0.2, 0.25) is 0 Å². The molecule has 1 unspecified atom stereocenters. The van der Waals surface area contributed by atoms with Crippen molar-refractivity contribution >= 4 is 23.9 Å². The van der Waals surface area contributed by atoms with Gasteiger partial charge in [-0.1, -0.05) is 13.0 Å². The monoisotopic (exact) mass is 397 g/mol. The van der Waals surface area contributed by atoms with Crippen LogP contribution in [0.3, 0.4) is 0 Å². The summed E-state index contributed by atoms with van der Waals surface area (Å²) < 4.78 is 16.3. The standard InChI is InChI=1S/C18H23NO9/c1-10-13(9-26-15(23)6-5-14(21)22)28-17(16(10)27-11(2)20)19-7-3-4-12(8-19)18(24)25/h3,7-8,10,13,16-17H,4-6,9H2,1-2H3,(H,21,22)(H,24,25)/t10-,13-,16?,17-/m1/s1. The normalized spacial score (nSPS) is 26.5. The molecule has 0 radical (unpaired) electrons. The molecular formula is C18H23NO9. The lowest BCUT2D eigenvalue weighted by molar-refractivity contribution is -0.155. The second-order valence-electron chi connectivity index (χ2n) is 6.57. The minimum absolute atomic E-state index is 0.138. The van der Waals surface area contributed by atoms with E-state index in [1.165, 1.54) is 18.0 Å². The SMILES string of the molecule is CC(=O)OC1[C@H](N2C=CCC(C(=O)O)=C2)O[C@H](COC(=O)CCC(=O)O)[C@H]1C. The quantitative estimate of drug-likeness (QED) is 0.567. The van der Waals surface area contributed by atoms with E-state index >= 15 is 0 Å². The van der Waals surface area contributed by atoms with Gasteiger partial charge in [-0.25, -0.2) is 4.79 Å². The number of carboxylic acid groups (broad SMARTS) is 2. The minimum atomic E-state index is -1.10. The summed E-state index contributed by atoms with van der Waals surface area (Å²) in [4.78, 5) is 46.4. The summed E-state index contributed by atoms with van der Waals surface area (Å²) in [5, 5.41) is 17.8. The Bertz CT molecular complexity index is 699. The van der Waals surface area contributed by atoms with Crippen LogP contribution in [0.1, 0.15) is 33.1 Å². The van der Waals surface area contributed by atoms with Crippen LogP contribution in [0.4, 0.5) is 0 Å². The molecule has 0 bridgehead atoms. The molecule has 154 valence electrons. The first kappa shape index (κ1) is 21.4. The minimum Gasteiger partial charge on any atom is -0.481 e. The van der Waals surface area contributed by atoms with E-state index in [1.807, 2.05) is 0 Å².